The van der Waals surface area contributed by atoms with E-state index in [9.17, 15) is 0 Å². The molecule has 9 aromatic rings. The van der Waals surface area contributed by atoms with E-state index in [-0.39, 0.29) is 5.41 Å². The van der Waals surface area contributed by atoms with Crippen molar-refractivity contribution in [3.05, 3.63) is 169 Å². The van der Waals surface area contributed by atoms with Crippen molar-refractivity contribution >= 4 is 31.6 Å². The average molecular weight is 685 g/mol. The molecule has 1 aliphatic rings. The number of thiophene rings is 1. The molecule has 0 radical (unpaired) electrons. The molecule has 0 saturated carbocycles. The van der Waals surface area contributed by atoms with Gasteiger partial charge >= 0.3 is 0 Å². The zero-order chi connectivity index (χ0) is 34.8. The van der Waals surface area contributed by atoms with Crippen LogP contribution in [0, 0.1) is 0 Å². The van der Waals surface area contributed by atoms with Gasteiger partial charge in [0.1, 0.15) is 4.83 Å². The second-order valence-electron chi connectivity index (χ2n) is 13.9. The Hall–Kier alpha value is -6.30. The second-order valence-corrected chi connectivity index (χ2v) is 14.9. The molecule has 0 aliphatic heterocycles. The van der Waals surface area contributed by atoms with Gasteiger partial charge in [0.05, 0.1) is 5.69 Å². The summed E-state index contributed by atoms with van der Waals surface area (Å²) >= 11 is 1.78. The number of hydrogen-bond acceptors (Lipinski definition) is 5. The molecule has 0 saturated heterocycles. The number of rotatable bonds is 5. The lowest BCUT2D eigenvalue weighted by molar-refractivity contribution is 0.660. The first-order chi connectivity index (χ1) is 25.5. The first-order valence-corrected chi connectivity index (χ1v) is 18.4. The maximum atomic E-state index is 5.44. The van der Waals surface area contributed by atoms with Gasteiger partial charge in [0.25, 0.3) is 0 Å². The molecule has 6 aromatic carbocycles. The third-order valence-corrected chi connectivity index (χ3v) is 11.4. The predicted molar refractivity (Wildman–Crippen MR) is 215 cm³/mol. The number of fused-ring (bicyclic) bond motifs is 7. The first-order valence-electron chi connectivity index (χ1n) is 17.6. The fraction of sp³-hybridized carbons (Fsp3) is 0.0638. The van der Waals surface area contributed by atoms with Gasteiger partial charge in [0.15, 0.2) is 17.5 Å². The number of benzene rings is 6. The van der Waals surface area contributed by atoms with E-state index in [0.29, 0.717) is 17.5 Å². The lowest BCUT2D eigenvalue weighted by Gasteiger charge is -2.24. The Morgan fingerprint density at radius 2 is 0.923 bits per heavy atom. The van der Waals surface area contributed by atoms with Crippen molar-refractivity contribution in [2.24, 2.45) is 0 Å². The number of nitrogens with zero attached hydrogens (tertiary/aromatic N) is 4. The van der Waals surface area contributed by atoms with Gasteiger partial charge in [0.2, 0.25) is 0 Å². The van der Waals surface area contributed by atoms with Gasteiger partial charge < -0.3 is 0 Å². The van der Waals surface area contributed by atoms with E-state index in [4.69, 9.17) is 19.9 Å². The zero-order valence-electron chi connectivity index (χ0n) is 28.7. The fourth-order valence-electron chi connectivity index (χ4n) is 7.79. The van der Waals surface area contributed by atoms with Crippen molar-refractivity contribution in [1.82, 2.24) is 19.9 Å². The largest absolute Gasteiger partial charge is 0.237 e. The van der Waals surface area contributed by atoms with Gasteiger partial charge in [-0.25, -0.2) is 19.9 Å². The molecule has 0 bridgehead atoms. The maximum Gasteiger partial charge on any atom is 0.164 e. The lowest BCUT2D eigenvalue weighted by Crippen LogP contribution is -2.16. The normalized spacial score (nSPS) is 13.0. The van der Waals surface area contributed by atoms with Crippen LogP contribution >= 0.6 is 11.3 Å². The lowest BCUT2D eigenvalue weighted by atomic mass is 9.80. The average Bonchev–Trinajstić information content (AvgIpc) is 3.70. The summed E-state index contributed by atoms with van der Waals surface area (Å²) in [6.07, 6.45) is 0. The van der Waals surface area contributed by atoms with Crippen LogP contribution in [0.1, 0.15) is 25.0 Å². The summed E-state index contributed by atoms with van der Waals surface area (Å²) in [5.41, 5.74) is 12.5. The highest BCUT2D eigenvalue weighted by Gasteiger charge is 2.40. The van der Waals surface area contributed by atoms with E-state index in [1.807, 2.05) is 60.7 Å². The van der Waals surface area contributed by atoms with E-state index >= 15 is 0 Å². The van der Waals surface area contributed by atoms with Crippen LogP contribution < -0.4 is 0 Å². The van der Waals surface area contributed by atoms with Crippen molar-refractivity contribution in [2.75, 3.05) is 0 Å². The quantitative estimate of drug-likeness (QED) is 0.181. The molecule has 0 amide bonds. The Morgan fingerprint density at radius 3 is 1.54 bits per heavy atom. The van der Waals surface area contributed by atoms with E-state index in [0.717, 1.165) is 43.9 Å². The molecule has 52 heavy (non-hydrogen) atoms. The second kappa shape index (κ2) is 11.9. The molecule has 246 valence electrons. The molecule has 5 heteroatoms. The summed E-state index contributed by atoms with van der Waals surface area (Å²) in [6.45, 7) is 4.69. The third kappa shape index (κ3) is 4.89. The molecule has 3 aromatic heterocycles. The minimum Gasteiger partial charge on any atom is -0.237 e. The summed E-state index contributed by atoms with van der Waals surface area (Å²) in [6, 6.07) is 55.2. The highest BCUT2D eigenvalue weighted by molar-refractivity contribution is 7.25. The van der Waals surface area contributed by atoms with Gasteiger partial charge in [-0.2, -0.15) is 0 Å². The van der Waals surface area contributed by atoms with Crippen LogP contribution in [0.15, 0.2) is 158 Å². The summed E-state index contributed by atoms with van der Waals surface area (Å²) in [5, 5.41) is 2.56. The van der Waals surface area contributed by atoms with E-state index in [1.165, 1.54) is 37.7 Å². The van der Waals surface area contributed by atoms with Crippen molar-refractivity contribution < 1.29 is 0 Å². The van der Waals surface area contributed by atoms with Crippen LogP contribution in [-0.4, -0.2) is 19.9 Å². The zero-order valence-corrected chi connectivity index (χ0v) is 29.5. The van der Waals surface area contributed by atoms with Gasteiger partial charge in [-0.1, -0.05) is 166 Å². The van der Waals surface area contributed by atoms with Crippen molar-refractivity contribution in [3.8, 4) is 67.7 Å². The molecule has 0 atom stereocenters. The van der Waals surface area contributed by atoms with Crippen LogP contribution in [0.2, 0.25) is 0 Å². The molecular weight excluding hydrogens is 653 g/mol. The minimum atomic E-state index is -0.185. The van der Waals surface area contributed by atoms with Gasteiger partial charge in [-0.3, -0.25) is 0 Å². The highest BCUT2D eigenvalue weighted by atomic mass is 32.1. The molecular formula is C47H32N4S. The first kappa shape index (κ1) is 30.5. The van der Waals surface area contributed by atoms with Crippen molar-refractivity contribution in [3.63, 3.8) is 0 Å². The standard InChI is InChI=1S/C47H32N4S/c1-47(2)37-19-11-9-17-35(37)39-40-36-18-10-12-20-38(36)52-46(40)48-42(41(39)47)31-25-21-29(22-26-31)30-23-27-34(28-24-30)45-50-43(32-13-5-3-6-14-32)49-44(51-45)33-15-7-4-8-16-33/h3-28H,1-2H3. The van der Waals surface area contributed by atoms with Crippen molar-refractivity contribution in [1.29, 1.82) is 0 Å². The Bertz CT molecular complexity index is 2730. The predicted octanol–water partition coefficient (Wildman–Crippen LogP) is 12.3. The Balaban J connectivity index is 1.04. The van der Waals surface area contributed by atoms with Gasteiger partial charge in [0, 0.05) is 43.1 Å². The Labute approximate surface area is 306 Å². The molecule has 10 rings (SSSR count). The number of hydrogen-bond donors (Lipinski definition) is 0. The number of pyridine rings is 1. The SMILES string of the molecule is CC1(C)c2ccccc2-c2c1c(-c1ccc(-c3ccc(-c4nc(-c5ccccc5)nc(-c5ccccc5)n4)cc3)cc1)nc1sc3ccccc3c21. The highest BCUT2D eigenvalue weighted by Crippen LogP contribution is 2.56. The Kier molecular flexibility index (Phi) is 6.98. The van der Waals surface area contributed by atoms with Crippen molar-refractivity contribution in [2.45, 2.75) is 19.3 Å². The Morgan fingerprint density at radius 1 is 0.442 bits per heavy atom. The van der Waals surface area contributed by atoms with Crippen LogP contribution in [-0.2, 0) is 5.41 Å². The summed E-state index contributed by atoms with van der Waals surface area (Å²) in [5.74, 6) is 1.96. The molecule has 3 heterocycles. The molecule has 0 unspecified atom stereocenters. The van der Waals surface area contributed by atoms with Crippen LogP contribution in [0.3, 0.4) is 0 Å². The smallest absolute Gasteiger partial charge is 0.164 e. The topological polar surface area (TPSA) is 51.6 Å². The van der Waals surface area contributed by atoms with E-state index in [2.05, 4.69) is 111 Å². The molecule has 1 aliphatic carbocycles. The molecule has 0 fully saturated rings. The number of aromatic nitrogens is 4. The molecule has 0 N–H and O–H groups in total. The maximum absolute atomic E-state index is 5.44. The summed E-state index contributed by atoms with van der Waals surface area (Å²) < 4.78 is 1.27. The fourth-order valence-corrected chi connectivity index (χ4v) is 8.88. The van der Waals surface area contributed by atoms with E-state index in [1.54, 1.807) is 11.3 Å². The van der Waals surface area contributed by atoms with Crippen LogP contribution in [0.25, 0.3) is 88.0 Å². The van der Waals surface area contributed by atoms with Crippen LogP contribution in [0.5, 0.6) is 0 Å². The third-order valence-electron chi connectivity index (χ3n) is 10.4. The van der Waals surface area contributed by atoms with Gasteiger partial charge in [-0.15, -0.1) is 11.3 Å². The minimum absolute atomic E-state index is 0.185. The van der Waals surface area contributed by atoms with Crippen LogP contribution in [0.4, 0.5) is 0 Å². The summed E-state index contributed by atoms with van der Waals surface area (Å²) in [4.78, 5) is 21.2. The summed E-state index contributed by atoms with van der Waals surface area (Å²) in [7, 11) is 0. The molecule has 0 spiro atoms. The van der Waals surface area contributed by atoms with Gasteiger partial charge in [-0.05, 0) is 39.4 Å². The molecule has 4 nitrogen and oxygen atoms in total. The monoisotopic (exact) mass is 684 g/mol. The van der Waals surface area contributed by atoms with E-state index < -0.39 is 0 Å².